The summed E-state index contributed by atoms with van der Waals surface area (Å²) in [6, 6.07) is 11.2. The van der Waals surface area contributed by atoms with Gasteiger partial charge in [0.25, 0.3) is 5.91 Å². The fourth-order valence-corrected chi connectivity index (χ4v) is 2.75. The quantitative estimate of drug-likeness (QED) is 0.699. The van der Waals surface area contributed by atoms with Gasteiger partial charge in [0.1, 0.15) is 11.5 Å². The largest absolute Gasteiger partial charge is 0.497 e. The highest BCUT2D eigenvalue weighted by molar-refractivity contribution is 5.95. The SMILES string of the molecule is COc1cc(CCC(=O)O[C@H](C)C(=O)Nc2ccc(C)cc2C)cc(OC)c1. The number of carbonyl (C=O) groups excluding carboxylic acids is 2. The first-order valence-corrected chi connectivity index (χ1v) is 9.12. The van der Waals surface area contributed by atoms with Gasteiger partial charge in [0.15, 0.2) is 6.10 Å². The fourth-order valence-electron chi connectivity index (χ4n) is 2.75. The number of nitrogens with one attached hydrogen (secondary N) is 1. The maximum atomic E-state index is 12.3. The van der Waals surface area contributed by atoms with Crippen molar-refractivity contribution in [1.82, 2.24) is 0 Å². The molecule has 28 heavy (non-hydrogen) atoms. The molecule has 1 N–H and O–H groups in total. The van der Waals surface area contributed by atoms with E-state index < -0.39 is 12.1 Å². The van der Waals surface area contributed by atoms with Crippen molar-refractivity contribution in [2.45, 2.75) is 39.7 Å². The van der Waals surface area contributed by atoms with E-state index in [9.17, 15) is 9.59 Å². The van der Waals surface area contributed by atoms with Crippen LogP contribution in [0.2, 0.25) is 0 Å². The summed E-state index contributed by atoms with van der Waals surface area (Å²) in [5.41, 5.74) is 3.67. The average Bonchev–Trinajstić information content (AvgIpc) is 2.68. The molecule has 0 radical (unpaired) electrons. The summed E-state index contributed by atoms with van der Waals surface area (Å²) in [7, 11) is 3.14. The first-order chi connectivity index (χ1) is 13.3. The molecule has 2 rings (SSSR count). The zero-order chi connectivity index (χ0) is 20.7. The summed E-state index contributed by atoms with van der Waals surface area (Å²) in [6.45, 7) is 5.47. The van der Waals surface area contributed by atoms with Gasteiger partial charge in [0, 0.05) is 18.2 Å². The number of rotatable bonds is 8. The standard InChI is InChI=1S/C22H27NO5/c1-14-6-8-20(15(2)10-14)23-22(25)16(3)28-21(24)9-7-17-11-18(26-4)13-19(12-17)27-5/h6,8,10-13,16H,7,9H2,1-5H3,(H,23,25)/t16-/m1/s1. The molecule has 1 amide bonds. The predicted octanol–water partition coefficient (Wildman–Crippen LogP) is 3.82. The van der Waals surface area contributed by atoms with Gasteiger partial charge in [-0.2, -0.15) is 0 Å². The maximum Gasteiger partial charge on any atom is 0.306 e. The van der Waals surface area contributed by atoms with E-state index in [1.807, 2.05) is 44.2 Å². The molecule has 150 valence electrons. The normalized spacial score (nSPS) is 11.5. The lowest BCUT2D eigenvalue weighted by Gasteiger charge is -2.15. The number of hydrogen-bond donors (Lipinski definition) is 1. The average molecular weight is 385 g/mol. The van der Waals surface area contributed by atoms with Crippen molar-refractivity contribution in [3.05, 3.63) is 53.1 Å². The molecule has 0 heterocycles. The van der Waals surface area contributed by atoms with Gasteiger partial charge in [-0.05, 0) is 56.5 Å². The molecule has 0 saturated heterocycles. The number of carbonyl (C=O) groups is 2. The van der Waals surface area contributed by atoms with Crippen molar-refractivity contribution in [3.63, 3.8) is 0 Å². The van der Waals surface area contributed by atoms with Gasteiger partial charge in [0.2, 0.25) is 0 Å². The Morgan fingerprint density at radius 3 is 2.21 bits per heavy atom. The molecule has 0 aliphatic heterocycles. The molecule has 0 aliphatic rings. The molecule has 6 heteroatoms. The molecule has 0 spiro atoms. The van der Waals surface area contributed by atoms with Crippen LogP contribution in [0, 0.1) is 13.8 Å². The van der Waals surface area contributed by atoms with Crippen LogP contribution >= 0.6 is 0 Å². The summed E-state index contributed by atoms with van der Waals surface area (Å²) in [5.74, 6) is 0.515. The van der Waals surface area contributed by atoms with E-state index in [1.165, 1.54) is 0 Å². The Morgan fingerprint density at radius 1 is 1.00 bits per heavy atom. The predicted molar refractivity (Wildman–Crippen MR) is 108 cm³/mol. The van der Waals surface area contributed by atoms with Crippen LogP contribution in [0.1, 0.15) is 30.0 Å². The number of aryl methyl sites for hydroxylation is 3. The lowest BCUT2D eigenvalue weighted by molar-refractivity contribution is -0.153. The zero-order valence-electron chi connectivity index (χ0n) is 17.0. The van der Waals surface area contributed by atoms with Crippen LogP contribution in [-0.4, -0.2) is 32.2 Å². The second-order valence-corrected chi connectivity index (χ2v) is 6.66. The Bertz CT molecular complexity index is 825. The molecule has 2 aromatic rings. The number of hydrogen-bond acceptors (Lipinski definition) is 5. The molecule has 0 unspecified atom stereocenters. The Balaban J connectivity index is 1.89. The van der Waals surface area contributed by atoms with Crippen molar-refractivity contribution < 1.29 is 23.8 Å². The van der Waals surface area contributed by atoms with Gasteiger partial charge in [-0.3, -0.25) is 9.59 Å². The molecule has 1 atom stereocenters. The third kappa shape index (κ3) is 6.01. The van der Waals surface area contributed by atoms with Gasteiger partial charge in [0.05, 0.1) is 14.2 Å². The van der Waals surface area contributed by atoms with E-state index in [0.29, 0.717) is 23.6 Å². The number of esters is 1. The van der Waals surface area contributed by atoms with Crippen LogP contribution in [0.15, 0.2) is 36.4 Å². The van der Waals surface area contributed by atoms with Crippen LogP contribution < -0.4 is 14.8 Å². The van der Waals surface area contributed by atoms with Gasteiger partial charge in [-0.15, -0.1) is 0 Å². The van der Waals surface area contributed by atoms with Crippen LogP contribution in [0.3, 0.4) is 0 Å². The topological polar surface area (TPSA) is 73.9 Å². The second-order valence-electron chi connectivity index (χ2n) is 6.66. The number of ether oxygens (including phenoxy) is 3. The Hall–Kier alpha value is -3.02. The number of methoxy groups -OCH3 is 2. The molecular formula is C22H27NO5. The molecule has 2 aromatic carbocycles. The molecule has 0 aliphatic carbocycles. The van der Waals surface area contributed by atoms with E-state index in [2.05, 4.69) is 5.32 Å². The molecular weight excluding hydrogens is 358 g/mol. The van der Waals surface area contributed by atoms with Gasteiger partial charge >= 0.3 is 5.97 Å². The molecule has 0 bridgehead atoms. The lowest BCUT2D eigenvalue weighted by Crippen LogP contribution is -2.30. The summed E-state index contributed by atoms with van der Waals surface area (Å²) >= 11 is 0. The zero-order valence-corrected chi connectivity index (χ0v) is 17.0. The van der Waals surface area contributed by atoms with Crippen molar-refractivity contribution in [3.8, 4) is 11.5 Å². The van der Waals surface area contributed by atoms with E-state index in [4.69, 9.17) is 14.2 Å². The van der Waals surface area contributed by atoms with Crippen LogP contribution in [0.25, 0.3) is 0 Å². The smallest absolute Gasteiger partial charge is 0.306 e. The minimum atomic E-state index is -0.881. The van der Waals surface area contributed by atoms with Gasteiger partial charge in [-0.1, -0.05) is 17.7 Å². The summed E-state index contributed by atoms with van der Waals surface area (Å²) in [5, 5.41) is 2.80. The highest BCUT2D eigenvalue weighted by Gasteiger charge is 2.18. The fraction of sp³-hybridized carbons (Fsp3) is 0.364. The number of amides is 1. The minimum Gasteiger partial charge on any atom is -0.497 e. The Labute approximate surface area is 165 Å². The maximum absolute atomic E-state index is 12.3. The van der Waals surface area contributed by atoms with Crippen molar-refractivity contribution in [2.24, 2.45) is 0 Å². The second kappa shape index (κ2) is 9.78. The van der Waals surface area contributed by atoms with E-state index in [-0.39, 0.29) is 12.3 Å². The highest BCUT2D eigenvalue weighted by atomic mass is 16.5. The first-order valence-electron chi connectivity index (χ1n) is 9.12. The van der Waals surface area contributed by atoms with E-state index >= 15 is 0 Å². The minimum absolute atomic E-state index is 0.150. The lowest BCUT2D eigenvalue weighted by atomic mass is 10.1. The van der Waals surface area contributed by atoms with E-state index in [0.717, 1.165) is 16.7 Å². The highest BCUT2D eigenvalue weighted by Crippen LogP contribution is 2.23. The Kier molecular flexibility index (Phi) is 7.44. The van der Waals surface area contributed by atoms with Gasteiger partial charge in [-0.25, -0.2) is 0 Å². The van der Waals surface area contributed by atoms with Gasteiger partial charge < -0.3 is 19.5 Å². The number of anilines is 1. The summed E-state index contributed by atoms with van der Waals surface area (Å²) in [6.07, 6.45) is -0.275. The first kappa shape index (κ1) is 21.3. The van der Waals surface area contributed by atoms with Crippen molar-refractivity contribution >= 4 is 17.6 Å². The van der Waals surface area contributed by atoms with Crippen LogP contribution in [0.5, 0.6) is 11.5 Å². The van der Waals surface area contributed by atoms with Crippen molar-refractivity contribution in [1.29, 1.82) is 0 Å². The molecule has 6 nitrogen and oxygen atoms in total. The van der Waals surface area contributed by atoms with Crippen molar-refractivity contribution in [2.75, 3.05) is 19.5 Å². The summed E-state index contributed by atoms with van der Waals surface area (Å²) < 4.78 is 15.7. The molecule has 0 saturated carbocycles. The Morgan fingerprint density at radius 2 is 1.64 bits per heavy atom. The number of benzene rings is 2. The third-order valence-corrected chi connectivity index (χ3v) is 4.35. The molecule has 0 aromatic heterocycles. The molecule has 0 fully saturated rings. The third-order valence-electron chi connectivity index (χ3n) is 4.35. The van der Waals surface area contributed by atoms with E-state index in [1.54, 1.807) is 27.2 Å². The monoisotopic (exact) mass is 385 g/mol. The summed E-state index contributed by atoms with van der Waals surface area (Å²) in [4.78, 5) is 24.4. The van der Waals surface area contributed by atoms with Crippen LogP contribution in [0.4, 0.5) is 5.69 Å². The van der Waals surface area contributed by atoms with Crippen LogP contribution in [-0.2, 0) is 20.7 Å².